The van der Waals surface area contributed by atoms with Crippen LogP contribution in [-0.2, 0) is 4.74 Å². The Balaban J connectivity index is 3.91. The minimum Gasteiger partial charge on any atom is -0.444 e. The van der Waals surface area contributed by atoms with E-state index in [1.54, 1.807) is 20.8 Å². The second kappa shape index (κ2) is 7.25. The summed E-state index contributed by atoms with van der Waals surface area (Å²) in [6.45, 7) is 5.67. The molecule has 0 aromatic carbocycles. The lowest BCUT2D eigenvalue weighted by atomic mass is 10.2. The fourth-order valence-corrected chi connectivity index (χ4v) is 0.846. The summed E-state index contributed by atoms with van der Waals surface area (Å²) in [6.07, 6.45) is 1.34. The van der Waals surface area contributed by atoms with Crippen molar-refractivity contribution in [1.29, 1.82) is 0 Å². The van der Waals surface area contributed by atoms with E-state index in [-0.39, 0.29) is 18.8 Å². The van der Waals surface area contributed by atoms with Gasteiger partial charge in [0.05, 0.1) is 17.7 Å². The summed E-state index contributed by atoms with van der Waals surface area (Å²) in [5.74, 6) is 0. The fraction of sp³-hybridized carbons (Fsp3) is 0.600. The molecule has 102 valence electrons. The van der Waals surface area contributed by atoms with Gasteiger partial charge in [-0.15, -0.1) is 0 Å². The first-order valence-electron chi connectivity index (χ1n) is 5.29. The van der Waals surface area contributed by atoms with Crippen LogP contribution in [0.5, 0.6) is 0 Å². The average Bonchev–Trinajstić information content (AvgIpc) is 2.20. The Labute approximate surface area is 105 Å². The average molecular weight is 258 g/mol. The predicted octanol–water partition coefficient (Wildman–Crippen LogP) is 0.659. The van der Waals surface area contributed by atoms with Gasteiger partial charge in [0.15, 0.2) is 0 Å². The van der Waals surface area contributed by atoms with Crippen LogP contribution in [0, 0.1) is 10.1 Å². The number of allylic oxidation sites excluding steroid dienone is 1. The molecule has 0 spiro atoms. The molecular formula is C10H18N4O4. The normalized spacial score (nSPS) is 12.5. The van der Waals surface area contributed by atoms with E-state index in [1.165, 1.54) is 0 Å². The lowest BCUT2D eigenvalue weighted by Crippen LogP contribution is -2.33. The van der Waals surface area contributed by atoms with Gasteiger partial charge in [-0.05, 0) is 20.8 Å². The maximum atomic E-state index is 11.2. The van der Waals surface area contributed by atoms with E-state index in [4.69, 9.17) is 10.5 Å². The molecule has 0 saturated heterocycles. The Hall–Kier alpha value is -2.12. The van der Waals surface area contributed by atoms with E-state index in [0.717, 1.165) is 12.4 Å². The smallest absolute Gasteiger partial charge is 0.407 e. The molecule has 0 radical (unpaired) electrons. The summed E-state index contributed by atoms with van der Waals surface area (Å²) in [5, 5.41) is 12.8. The summed E-state index contributed by atoms with van der Waals surface area (Å²) in [7, 11) is 0. The van der Waals surface area contributed by atoms with E-state index < -0.39 is 16.6 Å². The molecule has 0 unspecified atom stereocenters. The van der Waals surface area contributed by atoms with E-state index in [1.807, 2.05) is 0 Å². The largest absolute Gasteiger partial charge is 0.444 e. The van der Waals surface area contributed by atoms with Gasteiger partial charge in [-0.3, -0.25) is 15.1 Å². The first kappa shape index (κ1) is 15.9. The van der Waals surface area contributed by atoms with Crippen LogP contribution >= 0.6 is 0 Å². The van der Waals surface area contributed by atoms with Crippen molar-refractivity contribution in [2.45, 2.75) is 26.4 Å². The molecule has 3 N–H and O–H groups in total. The molecule has 8 heteroatoms. The van der Waals surface area contributed by atoms with Gasteiger partial charge in [-0.1, -0.05) is 0 Å². The molecule has 0 aliphatic rings. The molecule has 0 heterocycles. The Kier molecular flexibility index (Phi) is 6.40. The lowest BCUT2D eigenvalue weighted by Gasteiger charge is -2.19. The number of rotatable bonds is 5. The highest BCUT2D eigenvalue weighted by atomic mass is 16.6. The second-order valence-corrected chi connectivity index (χ2v) is 4.31. The summed E-state index contributed by atoms with van der Waals surface area (Å²) in [5.41, 5.74) is 4.16. The summed E-state index contributed by atoms with van der Waals surface area (Å²) < 4.78 is 4.98. The number of nitro groups is 1. The van der Waals surface area contributed by atoms with Crippen LogP contribution < -0.4 is 11.1 Å². The zero-order valence-electron chi connectivity index (χ0n) is 10.7. The molecule has 0 saturated carbocycles. The molecule has 18 heavy (non-hydrogen) atoms. The van der Waals surface area contributed by atoms with E-state index in [9.17, 15) is 14.9 Å². The molecular weight excluding hydrogens is 240 g/mol. The molecule has 0 aromatic rings. The third-order valence-electron chi connectivity index (χ3n) is 1.51. The molecule has 1 amide bonds. The molecule has 0 aliphatic carbocycles. The number of nitrogens with zero attached hydrogens (tertiary/aromatic N) is 2. The maximum absolute atomic E-state index is 11.2. The highest BCUT2D eigenvalue weighted by molar-refractivity contribution is 5.75. The van der Waals surface area contributed by atoms with Crippen molar-refractivity contribution < 1.29 is 14.5 Å². The highest BCUT2D eigenvalue weighted by Gasteiger charge is 2.15. The van der Waals surface area contributed by atoms with Crippen molar-refractivity contribution in [2.75, 3.05) is 13.1 Å². The number of nitrogens with one attached hydrogen (secondary N) is 1. The van der Waals surface area contributed by atoms with Crippen molar-refractivity contribution in [3.8, 4) is 0 Å². The SMILES string of the molecule is CC(C)(C)OC(=O)NCCN=C/C(=C\N)[N+](=O)[O-]. The van der Waals surface area contributed by atoms with Gasteiger partial charge in [-0.2, -0.15) is 0 Å². The van der Waals surface area contributed by atoms with Gasteiger partial charge in [0.1, 0.15) is 11.8 Å². The van der Waals surface area contributed by atoms with Gasteiger partial charge in [-0.25, -0.2) is 4.79 Å². The zero-order valence-corrected chi connectivity index (χ0v) is 10.7. The highest BCUT2D eigenvalue weighted by Crippen LogP contribution is 2.05. The number of nitrogens with two attached hydrogens (primary N) is 1. The minimum atomic E-state index is -0.648. The Bertz CT molecular complexity index is 357. The van der Waals surface area contributed by atoms with Crippen LogP contribution in [0.4, 0.5) is 4.79 Å². The number of alkyl carbamates (subject to hydrolysis) is 1. The molecule has 0 fully saturated rings. The van der Waals surface area contributed by atoms with E-state index in [2.05, 4.69) is 10.3 Å². The Morgan fingerprint density at radius 3 is 2.61 bits per heavy atom. The standard InChI is InChI=1S/C10H18N4O4/c1-10(2,3)18-9(15)13-5-4-12-7-8(6-11)14(16)17/h6-7H,4-5,11H2,1-3H3,(H,13,15)/b8-6+,12-7?. The van der Waals surface area contributed by atoms with Gasteiger partial charge in [0.25, 0.3) is 0 Å². The first-order chi connectivity index (χ1) is 8.26. The van der Waals surface area contributed by atoms with Crippen LogP contribution in [0.2, 0.25) is 0 Å². The van der Waals surface area contributed by atoms with Crippen molar-refractivity contribution >= 4 is 12.3 Å². The van der Waals surface area contributed by atoms with Gasteiger partial charge < -0.3 is 15.8 Å². The van der Waals surface area contributed by atoms with Crippen molar-refractivity contribution in [3.63, 3.8) is 0 Å². The molecule has 8 nitrogen and oxygen atoms in total. The molecule has 0 atom stereocenters. The van der Waals surface area contributed by atoms with Gasteiger partial charge >= 0.3 is 11.8 Å². The topological polar surface area (TPSA) is 120 Å². The van der Waals surface area contributed by atoms with Crippen molar-refractivity contribution in [3.05, 3.63) is 22.0 Å². The van der Waals surface area contributed by atoms with Crippen molar-refractivity contribution in [1.82, 2.24) is 5.32 Å². The molecule has 0 rings (SSSR count). The van der Waals surface area contributed by atoms with Crippen LogP contribution in [0.1, 0.15) is 20.8 Å². The number of ether oxygens (including phenoxy) is 1. The summed E-state index contributed by atoms with van der Waals surface area (Å²) in [6, 6.07) is 0. The molecule has 0 aromatic heterocycles. The Morgan fingerprint density at radius 2 is 2.17 bits per heavy atom. The quantitative estimate of drug-likeness (QED) is 0.325. The molecule has 0 bridgehead atoms. The second-order valence-electron chi connectivity index (χ2n) is 4.31. The van der Waals surface area contributed by atoms with Gasteiger partial charge in [0, 0.05) is 6.54 Å². The first-order valence-corrected chi connectivity index (χ1v) is 5.29. The fourth-order valence-electron chi connectivity index (χ4n) is 0.846. The van der Waals surface area contributed by atoms with E-state index in [0.29, 0.717) is 0 Å². The Morgan fingerprint density at radius 1 is 1.56 bits per heavy atom. The number of aliphatic imine (C=N–C) groups is 1. The minimum absolute atomic E-state index is 0.199. The monoisotopic (exact) mass is 258 g/mol. The van der Waals surface area contributed by atoms with E-state index >= 15 is 0 Å². The van der Waals surface area contributed by atoms with Crippen LogP contribution in [0.3, 0.4) is 0 Å². The lowest BCUT2D eigenvalue weighted by molar-refractivity contribution is -0.414. The third kappa shape index (κ3) is 8.08. The number of amides is 1. The van der Waals surface area contributed by atoms with Crippen molar-refractivity contribution in [2.24, 2.45) is 10.7 Å². The summed E-state index contributed by atoms with van der Waals surface area (Å²) >= 11 is 0. The van der Waals surface area contributed by atoms with Gasteiger partial charge in [0.2, 0.25) is 0 Å². The number of hydrogen-bond donors (Lipinski definition) is 2. The number of carbonyl (C=O) groups excluding carboxylic acids is 1. The maximum Gasteiger partial charge on any atom is 0.407 e. The third-order valence-corrected chi connectivity index (χ3v) is 1.51. The number of carbonyl (C=O) groups is 1. The predicted molar refractivity (Wildman–Crippen MR) is 66.9 cm³/mol. The van der Waals surface area contributed by atoms with Crippen LogP contribution in [0.15, 0.2) is 16.9 Å². The number of hydrogen-bond acceptors (Lipinski definition) is 6. The van der Waals surface area contributed by atoms with Crippen LogP contribution in [-0.4, -0.2) is 35.9 Å². The summed E-state index contributed by atoms with van der Waals surface area (Å²) in [4.78, 5) is 24.6. The molecule has 0 aliphatic heterocycles. The van der Waals surface area contributed by atoms with Crippen LogP contribution in [0.25, 0.3) is 0 Å². The zero-order chi connectivity index (χ0) is 14.2.